The number of carbonyl (C=O) groups excluding carboxylic acids is 1. The lowest BCUT2D eigenvalue weighted by molar-refractivity contribution is -0.142. The molecule has 0 unspecified atom stereocenters. The monoisotopic (exact) mass is 349 g/mol. The minimum Gasteiger partial charge on any atom is -0.480 e. The van der Waals surface area contributed by atoms with Crippen LogP contribution >= 0.6 is 0 Å². The number of aliphatic carboxylic acids is 1. The number of aliphatic hydroxyl groups is 1. The van der Waals surface area contributed by atoms with E-state index in [9.17, 15) is 14.7 Å². The molecular formula is C20H31NO4. The van der Waals surface area contributed by atoms with Gasteiger partial charge in [0.15, 0.2) is 0 Å². The van der Waals surface area contributed by atoms with Crippen molar-refractivity contribution in [1.29, 1.82) is 0 Å². The molecule has 1 atom stereocenters. The third-order valence-corrected chi connectivity index (χ3v) is 4.98. The van der Waals surface area contributed by atoms with Gasteiger partial charge < -0.3 is 15.5 Å². The Balaban J connectivity index is 0.00000151. The van der Waals surface area contributed by atoms with E-state index in [0.717, 1.165) is 38.4 Å². The maximum atomic E-state index is 12.4. The fraction of sp³-hybridized carbons (Fsp3) is 0.600. The second-order valence-electron chi connectivity index (χ2n) is 6.94. The number of aliphatic hydroxyl groups excluding tert-OH is 1. The van der Waals surface area contributed by atoms with E-state index in [-0.39, 0.29) is 11.8 Å². The lowest BCUT2D eigenvalue weighted by atomic mass is 9.76. The Bertz CT molecular complexity index is 522. The Labute approximate surface area is 150 Å². The maximum absolute atomic E-state index is 12.4. The van der Waals surface area contributed by atoms with Crippen LogP contribution in [0, 0.1) is 17.8 Å². The number of carboxylic acid groups (broad SMARTS) is 1. The summed E-state index contributed by atoms with van der Waals surface area (Å²) in [5.41, 5.74) is 0.920. The summed E-state index contributed by atoms with van der Waals surface area (Å²) in [7, 11) is 1.00. The highest BCUT2D eigenvalue weighted by atomic mass is 16.4. The molecule has 1 aromatic carbocycles. The molecule has 25 heavy (non-hydrogen) atoms. The van der Waals surface area contributed by atoms with Gasteiger partial charge in [-0.1, -0.05) is 44.2 Å². The zero-order valence-electron chi connectivity index (χ0n) is 15.4. The largest absolute Gasteiger partial charge is 0.480 e. The standard InChI is InChI=1S/C19H27NO3.CH4O/c1-13(2)15-8-10-16(11-9-15)18(21)20-17(19(22)23)12-14-6-4-3-5-7-14;1-2/h3-7,13,15-17H,8-12H2,1-2H3,(H,20,21)(H,22,23);2H,1H3/t15?,16?,17-;/m1./s1. The molecule has 2 rings (SSSR count). The summed E-state index contributed by atoms with van der Waals surface area (Å²) < 4.78 is 0. The Hall–Kier alpha value is -1.88. The van der Waals surface area contributed by atoms with Crippen molar-refractivity contribution < 1.29 is 19.8 Å². The van der Waals surface area contributed by atoms with Crippen LogP contribution < -0.4 is 5.32 Å². The van der Waals surface area contributed by atoms with Crippen molar-refractivity contribution in [2.75, 3.05) is 7.11 Å². The Morgan fingerprint density at radius 1 is 1.08 bits per heavy atom. The summed E-state index contributed by atoms with van der Waals surface area (Å²) in [4.78, 5) is 23.9. The van der Waals surface area contributed by atoms with Crippen molar-refractivity contribution in [3.05, 3.63) is 35.9 Å². The van der Waals surface area contributed by atoms with Crippen molar-refractivity contribution in [2.45, 2.75) is 52.0 Å². The van der Waals surface area contributed by atoms with Crippen molar-refractivity contribution in [3.63, 3.8) is 0 Å². The van der Waals surface area contributed by atoms with E-state index < -0.39 is 12.0 Å². The SMILES string of the molecule is CC(C)C1CCC(C(=O)N[C@H](Cc2ccccc2)C(=O)O)CC1.CO. The minimum absolute atomic E-state index is 0.0392. The van der Waals surface area contributed by atoms with Crippen LogP contribution in [-0.2, 0) is 16.0 Å². The van der Waals surface area contributed by atoms with Crippen LogP contribution in [-0.4, -0.2) is 35.2 Å². The maximum Gasteiger partial charge on any atom is 0.326 e. The predicted molar refractivity (Wildman–Crippen MR) is 98.1 cm³/mol. The Kier molecular flexibility index (Phi) is 9.21. The molecule has 1 aromatic rings. The smallest absolute Gasteiger partial charge is 0.326 e. The van der Waals surface area contributed by atoms with Gasteiger partial charge in [0.05, 0.1) is 0 Å². The molecule has 0 aromatic heterocycles. The van der Waals surface area contributed by atoms with E-state index >= 15 is 0 Å². The number of rotatable bonds is 6. The van der Waals surface area contributed by atoms with E-state index in [1.807, 2.05) is 30.3 Å². The summed E-state index contributed by atoms with van der Waals surface area (Å²) >= 11 is 0. The first kappa shape index (κ1) is 21.2. The van der Waals surface area contributed by atoms with Gasteiger partial charge in [-0.15, -0.1) is 0 Å². The first-order valence-corrected chi connectivity index (χ1v) is 8.99. The number of hydrogen-bond donors (Lipinski definition) is 3. The third kappa shape index (κ3) is 6.86. The summed E-state index contributed by atoms with van der Waals surface area (Å²) in [6, 6.07) is 8.57. The van der Waals surface area contributed by atoms with Crippen molar-refractivity contribution in [3.8, 4) is 0 Å². The number of benzene rings is 1. The number of hydrogen-bond acceptors (Lipinski definition) is 3. The summed E-state index contributed by atoms with van der Waals surface area (Å²) in [6.07, 6.45) is 4.18. The second kappa shape index (κ2) is 10.9. The second-order valence-corrected chi connectivity index (χ2v) is 6.94. The lowest BCUT2D eigenvalue weighted by Gasteiger charge is -2.30. The van der Waals surface area contributed by atoms with Crippen LogP contribution in [0.5, 0.6) is 0 Å². The van der Waals surface area contributed by atoms with Gasteiger partial charge in [0, 0.05) is 19.4 Å². The number of carbonyl (C=O) groups is 2. The molecule has 5 heteroatoms. The van der Waals surface area contributed by atoms with Crippen molar-refractivity contribution >= 4 is 11.9 Å². The highest BCUT2D eigenvalue weighted by Crippen LogP contribution is 2.33. The molecular weight excluding hydrogens is 318 g/mol. The highest BCUT2D eigenvalue weighted by Gasteiger charge is 2.30. The normalized spacial score (nSPS) is 21.0. The minimum atomic E-state index is -0.974. The first-order valence-electron chi connectivity index (χ1n) is 8.99. The van der Waals surface area contributed by atoms with E-state index in [1.54, 1.807) is 0 Å². The summed E-state index contributed by atoms with van der Waals surface area (Å²) in [5, 5.41) is 19.1. The Morgan fingerprint density at radius 2 is 1.64 bits per heavy atom. The molecule has 0 spiro atoms. The van der Waals surface area contributed by atoms with E-state index in [4.69, 9.17) is 5.11 Å². The molecule has 0 radical (unpaired) electrons. The number of amides is 1. The number of nitrogens with one attached hydrogen (secondary N) is 1. The summed E-state index contributed by atoms with van der Waals surface area (Å²) in [6.45, 7) is 4.46. The fourth-order valence-corrected chi connectivity index (χ4v) is 3.39. The average Bonchev–Trinajstić information content (AvgIpc) is 2.63. The highest BCUT2D eigenvalue weighted by molar-refractivity contribution is 5.85. The molecule has 1 aliphatic rings. The molecule has 3 N–H and O–H groups in total. The van der Waals surface area contributed by atoms with Gasteiger partial charge in [0.25, 0.3) is 0 Å². The van der Waals surface area contributed by atoms with Gasteiger partial charge in [-0.05, 0) is 43.1 Å². The molecule has 1 saturated carbocycles. The number of carboxylic acids is 1. The predicted octanol–water partition coefficient (Wildman–Crippen LogP) is 2.87. The van der Waals surface area contributed by atoms with E-state index in [2.05, 4.69) is 19.2 Å². The van der Waals surface area contributed by atoms with E-state index in [1.165, 1.54) is 0 Å². The van der Waals surface area contributed by atoms with Crippen molar-refractivity contribution in [1.82, 2.24) is 5.32 Å². The molecule has 0 aliphatic heterocycles. The lowest BCUT2D eigenvalue weighted by Crippen LogP contribution is -2.45. The van der Waals surface area contributed by atoms with Gasteiger partial charge in [-0.2, -0.15) is 0 Å². The molecule has 1 fully saturated rings. The fourth-order valence-electron chi connectivity index (χ4n) is 3.39. The van der Waals surface area contributed by atoms with Crippen molar-refractivity contribution in [2.24, 2.45) is 17.8 Å². The van der Waals surface area contributed by atoms with E-state index in [0.29, 0.717) is 18.3 Å². The zero-order valence-corrected chi connectivity index (χ0v) is 15.4. The van der Waals surface area contributed by atoms with Crippen LogP contribution in [0.1, 0.15) is 45.1 Å². The topological polar surface area (TPSA) is 86.6 Å². The summed E-state index contributed by atoms with van der Waals surface area (Å²) in [5.74, 6) is 0.235. The molecule has 0 bridgehead atoms. The average molecular weight is 349 g/mol. The Morgan fingerprint density at radius 3 is 2.12 bits per heavy atom. The van der Waals surface area contributed by atoms with Gasteiger partial charge in [0.1, 0.15) is 6.04 Å². The van der Waals surface area contributed by atoms with Crippen LogP contribution in [0.3, 0.4) is 0 Å². The van der Waals surface area contributed by atoms with Crippen LogP contribution in [0.2, 0.25) is 0 Å². The van der Waals surface area contributed by atoms with Gasteiger partial charge in [0.2, 0.25) is 5.91 Å². The van der Waals surface area contributed by atoms with Gasteiger partial charge in [-0.25, -0.2) is 4.79 Å². The van der Waals surface area contributed by atoms with Gasteiger partial charge >= 0.3 is 5.97 Å². The van der Waals surface area contributed by atoms with Crippen LogP contribution in [0.15, 0.2) is 30.3 Å². The zero-order chi connectivity index (χ0) is 18.8. The molecule has 1 amide bonds. The molecule has 0 saturated heterocycles. The quantitative estimate of drug-likeness (QED) is 0.737. The third-order valence-electron chi connectivity index (χ3n) is 4.98. The molecule has 5 nitrogen and oxygen atoms in total. The molecule has 0 heterocycles. The van der Waals surface area contributed by atoms with Crippen LogP contribution in [0.4, 0.5) is 0 Å². The first-order chi connectivity index (χ1) is 12.0. The molecule has 1 aliphatic carbocycles. The van der Waals surface area contributed by atoms with Gasteiger partial charge in [-0.3, -0.25) is 4.79 Å². The van der Waals surface area contributed by atoms with Crippen LogP contribution in [0.25, 0.3) is 0 Å². The molecule has 140 valence electrons.